The van der Waals surface area contributed by atoms with Crippen LogP contribution in [-0.2, 0) is 24.3 Å². The van der Waals surface area contributed by atoms with Crippen LogP contribution in [0.4, 0.5) is 5.69 Å². The fourth-order valence-electron chi connectivity index (χ4n) is 2.41. The van der Waals surface area contributed by atoms with Crippen molar-refractivity contribution in [2.45, 2.75) is 18.7 Å². The van der Waals surface area contributed by atoms with E-state index in [1.165, 1.54) is 12.1 Å². The Hall–Kier alpha value is -2.89. The SMILES string of the molecule is Cc1ccc(S(=O)(=O)NCC(=O)OCC(=O)Nc2cccc3nsnc23)cc1C. The van der Waals surface area contributed by atoms with E-state index in [1.54, 1.807) is 31.2 Å². The predicted octanol–water partition coefficient (Wildman–Crippen LogP) is 1.77. The standard InChI is InChI=1S/C18H18N4O5S2/c1-11-6-7-13(8-12(11)2)29(25,26)19-9-17(24)27-10-16(23)20-14-4-3-5-15-18(14)22-28-21-15/h3-8,19H,9-10H2,1-2H3,(H,20,23). The van der Waals surface area contributed by atoms with E-state index in [0.29, 0.717) is 16.7 Å². The van der Waals surface area contributed by atoms with Crippen LogP contribution in [0.3, 0.4) is 0 Å². The van der Waals surface area contributed by atoms with Crippen molar-refractivity contribution < 1.29 is 22.7 Å². The van der Waals surface area contributed by atoms with Gasteiger partial charge in [0.15, 0.2) is 6.61 Å². The average Bonchev–Trinajstić information content (AvgIpc) is 3.17. The lowest BCUT2D eigenvalue weighted by Gasteiger charge is -2.09. The topological polar surface area (TPSA) is 127 Å². The highest BCUT2D eigenvalue weighted by Crippen LogP contribution is 2.21. The van der Waals surface area contributed by atoms with Gasteiger partial charge in [-0.3, -0.25) is 9.59 Å². The lowest BCUT2D eigenvalue weighted by atomic mass is 10.1. The van der Waals surface area contributed by atoms with Crippen LogP contribution in [0.2, 0.25) is 0 Å². The number of nitrogens with one attached hydrogen (secondary N) is 2. The molecule has 2 N–H and O–H groups in total. The van der Waals surface area contributed by atoms with Crippen LogP contribution in [0, 0.1) is 13.8 Å². The third kappa shape index (κ3) is 5.13. The molecule has 3 rings (SSSR count). The van der Waals surface area contributed by atoms with Gasteiger partial charge in [0.2, 0.25) is 10.0 Å². The monoisotopic (exact) mass is 434 g/mol. The predicted molar refractivity (Wildman–Crippen MR) is 108 cm³/mol. The lowest BCUT2D eigenvalue weighted by Crippen LogP contribution is -2.32. The van der Waals surface area contributed by atoms with Crippen molar-refractivity contribution >= 4 is 50.3 Å². The Morgan fingerprint density at radius 1 is 1.10 bits per heavy atom. The fraction of sp³-hybridized carbons (Fsp3) is 0.222. The Kier molecular flexibility index (Phi) is 6.20. The number of aryl methyl sites for hydroxylation is 2. The van der Waals surface area contributed by atoms with Crippen molar-refractivity contribution in [1.82, 2.24) is 13.5 Å². The van der Waals surface area contributed by atoms with Crippen LogP contribution in [0.15, 0.2) is 41.3 Å². The summed E-state index contributed by atoms with van der Waals surface area (Å²) in [6.45, 7) is 2.52. The second kappa shape index (κ2) is 8.64. The van der Waals surface area contributed by atoms with Gasteiger partial charge < -0.3 is 10.1 Å². The molecule has 0 unspecified atom stereocenters. The molecule has 1 amide bonds. The van der Waals surface area contributed by atoms with Crippen LogP contribution in [-0.4, -0.2) is 42.2 Å². The minimum absolute atomic E-state index is 0.0520. The molecule has 29 heavy (non-hydrogen) atoms. The Labute approximate surface area is 171 Å². The van der Waals surface area contributed by atoms with Crippen LogP contribution in [0.5, 0.6) is 0 Å². The van der Waals surface area contributed by atoms with Crippen molar-refractivity contribution in [3.05, 3.63) is 47.5 Å². The number of rotatable bonds is 7. The van der Waals surface area contributed by atoms with Gasteiger partial charge in [-0.05, 0) is 49.2 Å². The number of nitrogens with zero attached hydrogens (tertiary/aromatic N) is 2. The van der Waals surface area contributed by atoms with Crippen LogP contribution in [0.25, 0.3) is 11.0 Å². The molecule has 0 atom stereocenters. The molecule has 2 aromatic carbocycles. The third-order valence-corrected chi connectivity index (χ3v) is 6.06. The van der Waals surface area contributed by atoms with Gasteiger partial charge in [0.05, 0.1) is 22.3 Å². The zero-order valence-electron chi connectivity index (χ0n) is 15.6. The summed E-state index contributed by atoms with van der Waals surface area (Å²) in [6, 6.07) is 9.79. The molecule has 0 aliphatic heterocycles. The summed E-state index contributed by atoms with van der Waals surface area (Å²) in [7, 11) is -3.87. The van der Waals surface area contributed by atoms with Gasteiger partial charge in [0, 0.05) is 0 Å². The molecule has 9 nitrogen and oxygen atoms in total. The van der Waals surface area contributed by atoms with Crippen LogP contribution >= 0.6 is 11.7 Å². The molecule has 11 heteroatoms. The molecule has 0 saturated heterocycles. The molecule has 0 radical (unpaired) electrons. The molecule has 0 aliphatic rings. The number of amides is 1. The first-order chi connectivity index (χ1) is 13.8. The quantitative estimate of drug-likeness (QED) is 0.543. The zero-order chi connectivity index (χ0) is 21.0. The normalized spacial score (nSPS) is 11.4. The van der Waals surface area contributed by atoms with E-state index in [1.807, 2.05) is 6.92 Å². The largest absolute Gasteiger partial charge is 0.455 e. The van der Waals surface area contributed by atoms with E-state index in [-0.39, 0.29) is 4.90 Å². The van der Waals surface area contributed by atoms with Crippen molar-refractivity contribution in [3.8, 4) is 0 Å². The van der Waals surface area contributed by atoms with E-state index in [0.717, 1.165) is 22.9 Å². The highest BCUT2D eigenvalue weighted by atomic mass is 32.2. The number of carbonyl (C=O) groups excluding carboxylic acids is 2. The maximum atomic E-state index is 12.3. The summed E-state index contributed by atoms with van der Waals surface area (Å²) in [4.78, 5) is 23.9. The number of carbonyl (C=O) groups is 2. The molecule has 0 fully saturated rings. The maximum Gasteiger partial charge on any atom is 0.321 e. The first-order valence-corrected chi connectivity index (χ1v) is 10.7. The molecule has 3 aromatic rings. The first-order valence-electron chi connectivity index (χ1n) is 8.50. The Bertz CT molecular complexity index is 1170. The second-order valence-electron chi connectivity index (χ2n) is 6.22. The molecule has 0 spiro atoms. The summed E-state index contributed by atoms with van der Waals surface area (Å²) < 4.78 is 39.7. The summed E-state index contributed by atoms with van der Waals surface area (Å²) in [6.07, 6.45) is 0. The molecule has 0 saturated carbocycles. The molecular weight excluding hydrogens is 416 g/mol. The number of hydrogen-bond acceptors (Lipinski definition) is 8. The number of hydrogen-bond donors (Lipinski definition) is 2. The number of ether oxygens (including phenoxy) is 1. The highest BCUT2D eigenvalue weighted by Gasteiger charge is 2.17. The molecule has 152 valence electrons. The smallest absolute Gasteiger partial charge is 0.321 e. The molecular formula is C18H18N4O5S2. The van der Waals surface area contributed by atoms with E-state index >= 15 is 0 Å². The number of aromatic nitrogens is 2. The van der Waals surface area contributed by atoms with Crippen molar-refractivity contribution in [3.63, 3.8) is 0 Å². The van der Waals surface area contributed by atoms with Gasteiger partial charge in [-0.25, -0.2) is 8.42 Å². The van der Waals surface area contributed by atoms with Gasteiger partial charge in [-0.2, -0.15) is 13.5 Å². The molecule has 0 bridgehead atoms. The number of benzene rings is 2. The average molecular weight is 434 g/mol. The van der Waals surface area contributed by atoms with Crippen LogP contribution < -0.4 is 10.0 Å². The summed E-state index contributed by atoms with van der Waals surface area (Å²) in [5, 5.41) is 2.59. The Morgan fingerprint density at radius 3 is 2.66 bits per heavy atom. The Morgan fingerprint density at radius 2 is 1.90 bits per heavy atom. The van der Waals surface area contributed by atoms with Crippen molar-refractivity contribution in [2.75, 3.05) is 18.5 Å². The van der Waals surface area contributed by atoms with Gasteiger partial charge in [0.1, 0.15) is 17.6 Å². The maximum absolute atomic E-state index is 12.3. The number of sulfonamides is 1. The Balaban J connectivity index is 1.51. The van der Waals surface area contributed by atoms with Gasteiger partial charge in [-0.1, -0.05) is 12.1 Å². The van der Waals surface area contributed by atoms with E-state index in [9.17, 15) is 18.0 Å². The van der Waals surface area contributed by atoms with Crippen molar-refractivity contribution in [2.24, 2.45) is 0 Å². The number of esters is 1. The highest BCUT2D eigenvalue weighted by molar-refractivity contribution is 7.89. The van der Waals surface area contributed by atoms with Crippen LogP contribution in [0.1, 0.15) is 11.1 Å². The third-order valence-electron chi connectivity index (χ3n) is 4.12. The lowest BCUT2D eigenvalue weighted by molar-refractivity contribution is -0.146. The summed E-state index contributed by atoms with van der Waals surface area (Å²) in [5.74, 6) is -1.45. The minimum atomic E-state index is -3.87. The second-order valence-corrected chi connectivity index (χ2v) is 8.51. The van der Waals surface area contributed by atoms with E-state index in [2.05, 4.69) is 18.8 Å². The minimum Gasteiger partial charge on any atom is -0.455 e. The van der Waals surface area contributed by atoms with Gasteiger partial charge in [0.25, 0.3) is 5.91 Å². The van der Waals surface area contributed by atoms with Gasteiger partial charge >= 0.3 is 5.97 Å². The molecule has 1 heterocycles. The number of fused-ring (bicyclic) bond motifs is 1. The summed E-state index contributed by atoms with van der Waals surface area (Å²) in [5.41, 5.74) is 3.41. The number of anilines is 1. The summed E-state index contributed by atoms with van der Waals surface area (Å²) >= 11 is 1.02. The van der Waals surface area contributed by atoms with E-state index in [4.69, 9.17) is 4.74 Å². The molecule has 0 aliphatic carbocycles. The fourth-order valence-corrected chi connectivity index (χ4v) is 4.01. The first kappa shape index (κ1) is 20.8. The van der Waals surface area contributed by atoms with Crippen molar-refractivity contribution in [1.29, 1.82) is 0 Å². The van der Waals surface area contributed by atoms with Gasteiger partial charge in [-0.15, -0.1) is 0 Å². The van der Waals surface area contributed by atoms with E-state index < -0.39 is 35.1 Å². The zero-order valence-corrected chi connectivity index (χ0v) is 17.3. The molecule has 1 aromatic heterocycles.